The summed E-state index contributed by atoms with van der Waals surface area (Å²) >= 11 is 0. The molecule has 4 nitrogen and oxygen atoms in total. The normalized spacial score (nSPS) is 10.8. The summed E-state index contributed by atoms with van der Waals surface area (Å²) in [5, 5.41) is 9.03. The van der Waals surface area contributed by atoms with Crippen LogP contribution in [0.4, 0.5) is 4.39 Å². The van der Waals surface area contributed by atoms with E-state index in [0.717, 1.165) is 11.4 Å². The lowest BCUT2D eigenvalue weighted by molar-refractivity contribution is 0.298. The Morgan fingerprint density at radius 1 is 1.42 bits per heavy atom. The first kappa shape index (κ1) is 13.5. The molecule has 1 N–H and O–H groups in total. The summed E-state index contributed by atoms with van der Waals surface area (Å²) in [5.41, 5.74) is 2.37. The number of methoxy groups -OCH3 is 1. The Kier molecular flexibility index (Phi) is 3.85. The lowest BCUT2D eigenvalue weighted by Gasteiger charge is -2.08. The molecule has 2 rings (SSSR count). The fourth-order valence-corrected chi connectivity index (χ4v) is 2.07. The maximum atomic E-state index is 13.4. The smallest absolute Gasteiger partial charge is 0.144 e. The van der Waals surface area contributed by atoms with Gasteiger partial charge in [-0.1, -0.05) is 0 Å². The van der Waals surface area contributed by atoms with E-state index in [-0.39, 0.29) is 12.4 Å². The first-order chi connectivity index (χ1) is 9.08. The van der Waals surface area contributed by atoms with Crippen LogP contribution in [-0.4, -0.2) is 28.4 Å². The van der Waals surface area contributed by atoms with Crippen molar-refractivity contribution in [1.29, 1.82) is 0 Å². The van der Waals surface area contributed by atoms with Gasteiger partial charge in [0.15, 0.2) is 0 Å². The zero-order valence-corrected chi connectivity index (χ0v) is 11.3. The van der Waals surface area contributed by atoms with Crippen molar-refractivity contribution in [1.82, 2.24) is 9.55 Å². The lowest BCUT2D eigenvalue weighted by Crippen LogP contribution is -1.98. The largest absolute Gasteiger partial charge is 0.496 e. The summed E-state index contributed by atoms with van der Waals surface area (Å²) in [6.45, 7) is 1.96. The molecule has 0 radical (unpaired) electrons. The highest BCUT2D eigenvalue weighted by molar-refractivity contribution is 5.65. The average Bonchev–Trinajstić information content (AvgIpc) is 2.67. The predicted molar refractivity (Wildman–Crippen MR) is 70.7 cm³/mol. The molecule has 0 amide bonds. The summed E-state index contributed by atoms with van der Waals surface area (Å²) < 4.78 is 20.6. The van der Waals surface area contributed by atoms with Crippen molar-refractivity contribution >= 4 is 0 Å². The number of halogens is 1. The highest BCUT2D eigenvalue weighted by atomic mass is 19.1. The number of aromatic nitrogens is 2. The van der Waals surface area contributed by atoms with Gasteiger partial charge in [-0.05, 0) is 25.1 Å². The average molecular weight is 264 g/mol. The minimum Gasteiger partial charge on any atom is -0.496 e. The van der Waals surface area contributed by atoms with Crippen molar-refractivity contribution in [2.75, 3.05) is 13.7 Å². The number of aliphatic hydroxyl groups excluding tert-OH is 1. The molecule has 0 fully saturated rings. The lowest BCUT2D eigenvalue weighted by atomic mass is 10.2. The molecule has 0 unspecified atom stereocenters. The summed E-state index contributed by atoms with van der Waals surface area (Å²) in [6, 6.07) is 4.34. The third-order valence-corrected chi connectivity index (χ3v) is 3.23. The van der Waals surface area contributed by atoms with Crippen LogP contribution in [-0.2, 0) is 13.5 Å². The quantitative estimate of drug-likeness (QED) is 0.919. The standard InChI is InChI=1S/C14H17FN2O2/c1-9-12(6-7-18)16-14(17(9)2)11-8-10(15)4-5-13(11)19-3/h4-5,8,18H,6-7H2,1-3H3. The van der Waals surface area contributed by atoms with Crippen LogP contribution < -0.4 is 4.74 Å². The van der Waals surface area contributed by atoms with E-state index in [9.17, 15) is 4.39 Å². The van der Waals surface area contributed by atoms with Crippen LogP contribution in [0.1, 0.15) is 11.4 Å². The van der Waals surface area contributed by atoms with E-state index in [0.29, 0.717) is 23.6 Å². The van der Waals surface area contributed by atoms with Crippen LogP contribution in [0.2, 0.25) is 0 Å². The van der Waals surface area contributed by atoms with Crippen molar-refractivity contribution in [2.45, 2.75) is 13.3 Å². The van der Waals surface area contributed by atoms with Gasteiger partial charge in [0.25, 0.3) is 0 Å². The first-order valence-electron chi connectivity index (χ1n) is 6.05. The van der Waals surface area contributed by atoms with Gasteiger partial charge in [-0.15, -0.1) is 0 Å². The van der Waals surface area contributed by atoms with E-state index in [4.69, 9.17) is 9.84 Å². The van der Waals surface area contributed by atoms with Crippen LogP contribution in [0.15, 0.2) is 18.2 Å². The molecule has 2 aromatic rings. The van der Waals surface area contributed by atoms with Crippen molar-refractivity contribution in [3.05, 3.63) is 35.4 Å². The molecule has 1 aromatic heterocycles. The van der Waals surface area contributed by atoms with Gasteiger partial charge in [0.1, 0.15) is 17.4 Å². The molecule has 0 saturated carbocycles. The fraction of sp³-hybridized carbons (Fsp3) is 0.357. The molecular weight excluding hydrogens is 247 g/mol. The predicted octanol–water partition coefficient (Wildman–Crippen LogP) is 2.08. The molecule has 5 heteroatoms. The van der Waals surface area contributed by atoms with Crippen molar-refractivity contribution in [3.8, 4) is 17.1 Å². The highest BCUT2D eigenvalue weighted by Gasteiger charge is 2.16. The summed E-state index contributed by atoms with van der Waals surface area (Å²) in [6.07, 6.45) is 0.483. The SMILES string of the molecule is COc1ccc(F)cc1-c1nc(CCO)c(C)n1C. The van der Waals surface area contributed by atoms with Gasteiger partial charge < -0.3 is 14.4 Å². The number of ether oxygens (including phenoxy) is 1. The van der Waals surface area contributed by atoms with E-state index in [1.165, 1.54) is 12.1 Å². The molecule has 0 atom stereocenters. The van der Waals surface area contributed by atoms with E-state index in [2.05, 4.69) is 4.98 Å². The topological polar surface area (TPSA) is 47.3 Å². The van der Waals surface area contributed by atoms with Crippen molar-refractivity contribution in [3.63, 3.8) is 0 Å². The van der Waals surface area contributed by atoms with E-state index in [1.54, 1.807) is 13.2 Å². The van der Waals surface area contributed by atoms with Crippen LogP contribution in [0.25, 0.3) is 11.4 Å². The Balaban J connectivity index is 2.58. The fourth-order valence-electron chi connectivity index (χ4n) is 2.07. The Hall–Kier alpha value is -1.88. The van der Waals surface area contributed by atoms with Gasteiger partial charge in [0.2, 0.25) is 0 Å². The summed E-state index contributed by atoms with van der Waals surface area (Å²) in [7, 11) is 3.41. The first-order valence-corrected chi connectivity index (χ1v) is 6.05. The molecular formula is C14H17FN2O2. The Bertz CT molecular complexity index is 593. The Morgan fingerprint density at radius 2 is 2.16 bits per heavy atom. The van der Waals surface area contributed by atoms with Gasteiger partial charge in [0, 0.05) is 25.8 Å². The molecule has 0 aliphatic carbocycles. The Morgan fingerprint density at radius 3 is 2.79 bits per heavy atom. The number of imidazole rings is 1. The summed E-state index contributed by atoms with van der Waals surface area (Å²) in [4.78, 5) is 4.48. The zero-order chi connectivity index (χ0) is 14.0. The van der Waals surface area contributed by atoms with Crippen LogP contribution in [0.3, 0.4) is 0 Å². The number of nitrogens with zero attached hydrogens (tertiary/aromatic N) is 2. The minimum atomic E-state index is -0.333. The van der Waals surface area contributed by atoms with Crippen LogP contribution >= 0.6 is 0 Å². The number of benzene rings is 1. The second kappa shape index (κ2) is 5.40. The number of rotatable bonds is 4. The second-order valence-corrected chi connectivity index (χ2v) is 4.34. The minimum absolute atomic E-state index is 0.0393. The van der Waals surface area contributed by atoms with E-state index in [1.807, 2.05) is 18.5 Å². The molecule has 0 spiro atoms. The monoisotopic (exact) mass is 264 g/mol. The third kappa shape index (κ3) is 2.46. The van der Waals surface area contributed by atoms with Gasteiger partial charge in [-0.2, -0.15) is 0 Å². The Labute approximate surface area is 111 Å². The summed E-state index contributed by atoms with van der Waals surface area (Å²) in [5.74, 6) is 0.877. The molecule has 1 aromatic carbocycles. The molecule has 0 aliphatic rings. The van der Waals surface area contributed by atoms with Gasteiger partial charge >= 0.3 is 0 Å². The highest BCUT2D eigenvalue weighted by Crippen LogP contribution is 2.30. The molecule has 0 bridgehead atoms. The molecule has 102 valence electrons. The van der Waals surface area contributed by atoms with Gasteiger partial charge in [-0.25, -0.2) is 9.37 Å². The van der Waals surface area contributed by atoms with Gasteiger partial charge in [0.05, 0.1) is 18.4 Å². The van der Waals surface area contributed by atoms with Crippen molar-refractivity contribution < 1.29 is 14.2 Å². The molecule has 1 heterocycles. The number of hydrogen-bond acceptors (Lipinski definition) is 3. The molecule has 0 aliphatic heterocycles. The second-order valence-electron chi connectivity index (χ2n) is 4.34. The number of aliphatic hydroxyl groups is 1. The van der Waals surface area contributed by atoms with E-state index < -0.39 is 0 Å². The maximum absolute atomic E-state index is 13.4. The third-order valence-electron chi connectivity index (χ3n) is 3.23. The molecule has 0 saturated heterocycles. The molecule has 19 heavy (non-hydrogen) atoms. The van der Waals surface area contributed by atoms with Gasteiger partial charge in [-0.3, -0.25) is 0 Å². The zero-order valence-electron chi connectivity index (χ0n) is 11.3. The number of hydrogen-bond donors (Lipinski definition) is 1. The maximum Gasteiger partial charge on any atom is 0.144 e. The van der Waals surface area contributed by atoms with E-state index >= 15 is 0 Å². The van der Waals surface area contributed by atoms with Crippen LogP contribution in [0.5, 0.6) is 5.75 Å². The van der Waals surface area contributed by atoms with Crippen LogP contribution in [0, 0.1) is 12.7 Å². The van der Waals surface area contributed by atoms with Crippen molar-refractivity contribution in [2.24, 2.45) is 7.05 Å².